The van der Waals surface area contributed by atoms with Crippen molar-refractivity contribution in [3.8, 4) is 0 Å². The molecule has 0 spiro atoms. The van der Waals surface area contributed by atoms with Gasteiger partial charge >= 0.3 is 0 Å². The lowest BCUT2D eigenvalue weighted by atomic mass is 10.3. The molecule has 1 amide bonds. The topological polar surface area (TPSA) is 41.6 Å². The van der Waals surface area contributed by atoms with Gasteiger partial charge in [0.2, 0.25) is 0 Å². The van der Waals surface area contributed by atoms with Gasteiger partial charge in [-0.2, -0.15) is 0 Å². The molecule has 4 heteroatoms. The van der Waals surface area contributed by atoms with Crippen LogP contribution in [0.3, 0.4) is 0 Å². The first-order valence-electron chi connectivity index (χ1n) is 3.01. The van der Waals surface area contributed by atoms with E-state index in [1.807, 2.05) is 0 Å². The van der Waals surface area contributed by atoms with Crippen LogP contribution in [0.5, 0.6) is 0 Å². The summed E-state index contributed by atoms with van der Waals surface area (Å²) in [7, 11) is 3.38. The monoisotopic (exact) mass is 142 g/mol. The van der Waals surface area contributed by atoms with E-state index in [2.05, 4.69) is 5.48 Å². The Balaban J connectivity index is 2.49. The number of nitrogens with one attached hydrogen (secondary N) is 1. The fourth-order valence-corrected chi connectivity index (χ4v) is 0.666. The maximum absolute atomic E-state index is 11.1. The molecule has 1 aliphatic heterocycles. The van der Waals surface area contributed by atoms with Gasteiger partial charge in [0.1, 0.15) is 0 Å². The molecular weight excluding hydrogens is 132 g/mol. The van der Waals surface area contributed by atoms with Gasteiger partial charge in [-0.3, -0.25) is 15.1 Å². The Labute approximate surface area is 59.4 Å². The molecule has 0 aromatic rings. The van der Waals surface area contributed by atoms with Crippen LogP contribution in [0.4, 0.5) is 0 Å². The van der Waals surface area contributed by atoms with Gasteiger partial charge in [0.05, 0.1) is 0 Å². The highest BCUT2D eigenvalue weighted by atomic mass is 16.7. The van der Waals surface area contributed by atoms with Crippen LogP contribution in [0.25, 0.3) is 0 Å². The number of hydroxylamine groups is 1. The van der Waals surface area contributed by atoms with Gasteiger partial charge in [-0.05, 0) is 6.08 Å². The predicted octanol–water partition coefficient (Wildman–Crippen LogP) is -0.508. The molecule has 0 saturated carbocycles. The van der Waals surface area contributed by atoms with E-state index in [1.165, 1.54) is 4.90 Å². The van der Waals surface area contributed by atoms with Gasteiger partial charge in [-0.15, -0.1) is 0 Å². The number of carbonyl (C=O) groups excluding carboxylic acids is 1. The Kier molecular flexibility index (Phi) is 1.91. The predicted molar refractivity (Wildman–Crippen MR) is 35.8 cm³/mol. The lowest BCUT2D eigenvalue weighted by molar-refractivity contribution is -0.139. The van der Waals surface area contributed by atoms with Crippen molar-refractivity contribution in [1.82, 2.24) is 10.4 Å². The SMILES string of the molecule is CN(C)C(=O)C1C=CNO1. The molecule has 1 unspecified atom stereocenters. The fourth-order valence-electron chi connectivity index (χ4n) is 0.666. The lowest BCUT2D eigenvalue weighted by Gasteiger charge is -2.13. The Bertz CT molecular complexity index is 165. The largest absolute Gasteiger partial charge is 0.346 e. The Morgan fingerprint density at radius 1 is 1.70 bits per heavy atom. The lowest BCUT2D eigenvalue weighted by Crippen LogP contribution is -2.33. The summed E-state index contributed by atoms with van der Waals surface area (Å²) in [4.78, 5) is 17.4. The Morgan fingerprint density at radius 2 is 2.40 bits per heavy atom. The summed E-state index contributed by atoms with van der Waals surface area (Å²) in [5.41, 5.74) is 2.48. The smallest absolute Gasteiger partial charge is 0.258 e. The third-order valence-electron chi connectivity index (χ3n) is 1.22. The third-order valence-corrected chi connectivity index (χ3v) is 1.22. The summed E-state index contributed by atoms with van der Waals surface area (Å²) in [5.74, 6) is -0.0544. The molecule has 0 aliphatic carbocycles. The average molecular weight is 142 g/mol. The normalized spacial score (nSPS) is 22.4. The van der Waals surface area contributed by atoms with Crippen molar-refractivity contribution in [3.63, 3.8) is 0 Å². The number of hydrogen-bond acceptors (Lipinski definition) is 3. The van der Waals surface area contributed by atoms with Crippen molar-refractivity contribution < 1.29 is 9.63 Å². The van der Waals surface area contributed by atoms with E-state index in [1.54, 1.807) is 26.4 Å². The number of amides is 1. The molecule has 0 bridgehead atoms. The highest BCUT2D eigenvalue weighted by Crippen LogP contribution is 2.00. The molecule has 1 heterocycles. The number of hydrogen-bond donors (Lipinski definition) is 1. The Hall–Kier alpha value is -1.03. The molecule has 0 fully saturated rings. The minimum Gasteiger partial charge on any atom is -0.346 e. The molecule has 0 radical (unpaired) electrons. The minimum absolute atomic E-state index is 0.0544. The molecular formula is C6H10N2O2. The second-order valence-corrected chi connectivity index (χ2v) is 2.25. The van der Waals surface area contributed by atoms with Crippen molar-refractivity contribution in [2.75, 3.05) is 14.1 Å². The second-order valence-electron chi connectivity index (χ2n) is 2.25. The van der Waals surface area contributed by atoms with Gasteiger partial charge in [-0.1, -0.05) is 0 Å². The van der Waals surface area contributed by atoms with Crippen LogP contribution < -0.4 is 5.48 Å². The highest BCUT2D eigenvalue weighted by Gasteiger charge is 2.20. The van der Waals surface area contributed by atoms with Crippen LogP contribution >= 0.6 is 0 Å². The van der Waals surface area contributed by atoms with Crippen LogP contribution in [0, 0.1) is 0 Å². The molecule has 1 aliphatic rings. The maximum atomic E-state index is 11.1. The zero-order chi connectivity index (χ0) is 7.56. The zero-order valence-electron chi connectivity index (χ0n) is 6.00. The molecule has 0 aromatic heterocycles. The summed E-state index contributed by atoms with van der Waals surface area (Å²) < 4.78 is 0. The molecule has 1 atom stereocenters. The minimum atomic E-state index is -0.449. The molecule has 56 valence electrons. The summed E-state index contributed by atoms with van der Waals surface area (Å²) in [5, 5.41) is 0. The summed E-state index contributed by atoms with van der Waals surface area (Å²) in [6.07, 6.45) is 2.82. The molecule has 1 N–H and O–H groups in total. The first-order valence-corrected chi connectivity index (χ1v) is 3.01. The molecule has 0 aromatic carbocycles. The molecule has 0 saturated heterocycles. The quantitative estimate of drug-likeness (QED) is 0.536. The van der Waals surface area contributed by atoms with Gasteiger partial charge in [0, 0.05) is 20.3 Å². The molecule has 10 heavy (non-hydrogen) atoms. The van der Waals surface area contributed by atoms with E-state index in [-0.39, 0.29) is 5.91 Å². The highest BCUT2D eigenvalue weighted by molar-refractivity contribution is 5.82. The van der Waals surface area contributed by atoms with Gasteiger partial charge in [0.15, 0.2) is 6.10 Å². The number of carbonyl (C=O) groups is 1. The van der Waals surface area contributed by atoms with E-state index in [0.717, 1.165) is 0 Å². The fraction of sp³-hybridized carbons (Fsp3) is 0.500. The van der Waals surface area contributed by atoms with E-state index in [9.17, 15) is 4.79 Å². The van der Waals surface area contributed by atoms with Crippen LogP contribution in [0.1, 0.15) is 0 Å². The second kappa shape index (κ2) is 2.70. The van der Waals surface area contributed by atoms with Crippen LogP contribution in [0.2, 0.25) is 0 Å². The van der Waals surface area contributed by atoms with E-state index >= 15 is 0 Å². The number of likely N-dealkylation sites (N-methyl/N-ethyl adjacent to an activating group) is 1. The van der Waals surface area contributed by atoms with Crippen LogP contribution in [-0.2, 0) is 9.63 Å². The zero-order valence-corrected chi connectivity index (χ0v) is 6.00. The number of rotatable bonds is 1. The van der Waals surface area contributed by atoms with Gasteiger partial charge in [-0.25, -0.2) is 0 Å². The average Bonchev–Trinajstić information content (AvgIpc) is 2.36. The molecule has 4 nitrogen and oxygen atoms in total. The van der Waals surface area contributed by atoms with E-state index < -0.39 is 6.10 Å². The number of nitrogens with zero attached hydrogens (tertiary/aromatic N) is 1. The Morgan fingerprint density at radius 3 is 2.80 bits per heavy atom. The third kappa shape index (κ3) is 1.27. The van der Waals surface area contributed by atoms with Crippen molar-refractivity contribution in [2.24, 2.45) is 0 Å². The summed E-state index contributed by atoms with van der Waals surface area (Å²) >= 11 is 0. The van der Waals surface area contributed by atoms with E-state index in [0.29, 0.717) is 0 Å². The van der Waals surface area contributed by atoms with Crippen molar-refractivity contribution in [1.29, 1.82) is 0 Å². The van der Waals surface area contributed by atoms with Crippen LogP contribution in [0.15, 0.2) is 12.3 Å². The van der Waals surface area contributed by atoms with Crippen molar-refractivity contribution >= 4 is 5.91 Å². The van der Waals surface area contributed by atoms with E-state index in [4.69, 9.17) is 4.84 Å². The van der Waals surface area contributed by atoms with Gasteiger partial charge < -0.3 is 4.90 Å². The summed E-state index contributed by atoms with van der Waals surface area (Å²) in [6, 6.07) is 0. The standard InChI is InChI=1S/C6H10N2O2/c1-8(2)6(9)5-3-4-7-10-5/h3-5,7H,1-2H3. The first kappa shape index (κ1) is 7.08. The molecule has 1 rings (SSSR count). The van der Waals surface area contributed by atoms with Crippen molar-refractivity contribution in [2.45, 2.75) is 6.10 Å². The van der Waals surface area contributed by atoms with Crippen LogP contribution in [-0.4, -0.2) is 31.0 Å². The van der Waals surface area contributed by atoms with Crippen molar-refractivity contribution in [3.05, 3.63) is 12.3 Å². The van der Waals surface area contributed by atoms with Gasteiger partial charge in [0.25, 0.3) is 5.91 Å². The summed E-state index contributed by atoms with van der Waals surface area (Å²) in [6.45, 7) is 0. The maximum Gasteiger partial charge on any atom is 0.258 e. The first-order chi connectivity index (χ1) is 4.72.